The number of hydrogen-bond donors (Lipinski definition) is 1. The van der Waals surface area contributed by atoms with Gasteiger partial charge in [0.05, 0.1) is 11.9 Å². The normalized spacial score (nSPS) is 20.1. The fourth-order valence-corrected chi connectivity index (χ4v) is 4.05. The Hall–Kier alpha value is -0.920. The van der Waals surface area contributed by atoms with Crippen LogP contribution in [0.3, 0.4) is 0 Å². The van der Waals surface area contributed by atoms with E-state index in [1.807, 2.05) is 19.1 Å². The van der Waals surface area contributed by atoms with Gasteiger partial charge in [0.1, 0.15) is 6.04 Å². The molecule has 1 fully saturated rings. The molecule has 1 aliphatic rings. The van der Waals surface area contributed by atoms with Crippen molar-refractivity contribution in [3.05, 3.63) is 28.2 Å². The fraction of sp³-hybridized carbons (Fsp3) is 0.462. The highest BCUT2D eigenvalue weighted by Gasteiger charge is 2.36. The van der Waals surface area contributed by atoms with Crippen LogP contribution < -0.4 is 5.32 Å². The smallest absolute Gasteiger partial charge is 0.242 e. The average Bonchev–Trinajstić information content (AvgIpc) is 2.81. The van der Waals surface area contributed by atoms with E-state index < -0.39 is 16.1 Å². The number of nitrogens with zero attached hydrogens (tertiary/aromatic N) is 1. The number of carbonyl (C=O) groups is 1. The van der Waals surface area contributed by atoms with E-state index in [-0.39, 0.29) is 5.91 Å². The Balaban J connectivity index is 2.16. The zero-order valence-electron chi connectivity index (χ0n) is 11.4. The van der Waals surface area contributed by atoms with Crippen molar-refractivity contribution in [2.45, 2.75) is 25.8 Å². The lowest BCUT2D eigenvalue weighted by molar-refractivity contribution is -0.119. The maximum atomic E-state index is 12.3. The number of halogens is 1. The van der Waals surface area contributed by atoms with Gasteiger partial charge in [0.15, 0.2) is 0 Å². The van der Waals surface area contributed by atoms with Crippen molar-refractivity contribution >= 4 is 37.5 Å². The minimum absolute atomic E-state index is 0.280. The monoisotopic (exact) mass is 360 g/mol. The van der Waals surface area contributed by atoms with Crippen molar-refractivity contribution in [1.82, 2.24) is 4.31 Å². The van der Waals surface area contributed by atoms with Crippen LogP contribution in [0.15, 0.2) is 22.7 Å². The lowest BCUT2D eigenvalue weighted by Crippen LogP contribution is -2.42. The van der Waals surface area contributed by atoms with Gasteiger partial charge in [-0.3, -0.25) is 4.79 Å². The molecule has 20 heavy (non-hydrogen) atoms. The molecule has 0 spiro atoms. The summed E-state index contributed by atoms with van der Waals surface area (Å²) in [4.78, 5) is 12.3. The summed E-state index contributed by atoms with van der Waals surface area (Å²) < 4.78 is 25.4. The summed E-state index contributed by atoms with van der Waals surface area (Å²) in [7, 11) is -3.35. The molecule has 1 aromatic rings. The number of anilines is 1. The average molecular weight is 361 g/mol. The van der Waals surface area contributed by atoms with E-state index in [1.54, 1.807) is 6.07 Å². The molecule has 0 radical (unpaired) electrons. The second-order valence-electron chi connectivity index (χ2n) is 5.00. The molecule has 1 amide bonds. The molecule has 1 N–H and O–H groups in total. The molecule has 110 valence electrons. The van der Waals surface area contributed by atoms with E-state index in [2.05, 4.69) is 21.2 Å². The van der Waals surface area contributed by atoms with Crippen molar-refractivity contribution < 1.29 is 13.2 Å². The zero-order chi connectivity index (χ0) is 14.9. The van der Waals surface area contributed by atoms with Crippen LogP contribution in [0, 0.1) is 6.92 Å². The highest BCUT2D eigenvalue weighted by Crippen LogP contribution is 2.26. The second-order valence-corrected chi connectivity index (χ2v) is 7.79. The van der Waals surface area contributed by atoms with E-state index in [0.29, 0.717) is 25.1 Å². The number of aryl methyl sites for hydroxylation is 1. The standard InChI is InChI=1S/C13H17BrN2O3S/c1-9-5-6-11(10(14)8-9)15-13(17)12-4-3-7-16(12)20(2,18)19/h5-6,8,12H,3-4,7H2,1-2H3,(H,15,17). The Labute approximate surface area is 127 Å². The Morgan fingerprint density at radius 3 is 2.75 bits per heavy atom. The van der Waals surface area contributed by atoms with Gasteiger partial charge in [0, 0.05) is 11.0 Å². The first-order chi connectivity index (χ1) is 9.29. The predicted molar refractivity (Wildman–Crippen MR) is 82.1 cm³/mol. The molecular weight excluding hydrogens is 344 g/mol. The largest absolute Gasteiger partial charge is 0.324 e. The number of amides is 1. The number of carbonyl (C=O) groups excluding carboxylic acids is 1. The summed E-state index contributed by atoms with van der Waals surface area (Å²) in [5.41, 5.74) is 1.73. The van der Waals surface area contributed by atoms with Crippen LogP contribution in [0.1, 0.15) is 18.4 Å². The summed E-state index contributed by atoms with van der Waals surface area (Å²) in [5, 5.41) is 2.79. The predicted octanol–water partition coefficient (Wildman–Crippen LogP) is 2.12. The number of rotatable bonds is 3. The van der Waals surface area contributed by atoms with Gasteiger partial charge in [-0.2, -0.15) is 4.31 Å². The molecular formula is C13H17BrN2O3S. The summed E-state index contributed by atoms with van der Waals surface area (Å²) in [6.07, 6.45) is 2.41. The van der Waals surface area contributed by atoms with Gasteiger partial charge in [0.2, 0.25) is 15.9 Å². The fourth-order valence-electron chi connectivity index (χ4n) is 2.34. The second kappa shape index (κ2) is 5.83. The van der Waals surface area contributed by atoms with Crippen molar-refractivity contribution in [1.29, 1.82) is 0 Å². The molecule has 0 aliphatic carbocycles. The molecule has 0 aromatic heterocycles. The molecule has 2 rings (SSSR count). The minimum Gasteiger partial charge on any atom is -0.324 e. The minimum atomic E-state index is -3.35. The van der Waals surface area contributed by atoms with Crippen molar-refractivity contribution in [2.75, 3.05) is 18.1 Å². The number of nitrogens with one attached hydrogen (secondary N) is 1. The van der Waals surface area contributed by atoms with Crippen LogP contribution >= 0.6 is 15.9 Å². The first-order valence-electron chi connectivity index (χ1n) is 6.33. The van der Waals surface area contributed by atoms with E-state index >= 15 is 0 Å². The van der Waals surface area contributed by atoms with Crippen LogP contribution in [0.25, 0.3) is 0 Å². The number of benzene rings is 1. The third kappa shape index (κ3) is 3.39. The van der Waals surface area contributed by atoms with Crippen molar-refractivity contribution in [3.63, 3.8) is 0 Å². The Bertz CT molecular complexity index is 631. The summed E-state index contributed by atoms with van der Waals surface area (Å²) in [5.74, 6) is -0.280. The van der Waals surface area contributed by atoms with Gasteiger partial charge in [0.25, 0.3) is 0 Å². The summed E-state index contributed by atoms with van der Waals surface area (Å²) in [6.45, 7) is 2.37. The Morgan fingerprint density at radius 1 is 1.45 bits per heavy atom. The molecule has 1 unspecified atom stereocenters. The van der Waals surface area contributed by atoms with Crippen LogP contribution in [-0.2, 0) is 14.8 Å². The molecule has 1 heterocycles. The molecule has 1 aliphatic heterocycles. The van der Waals surface area contributed by atoms with E-state index in [4.69, 9.17) is 0 Å². The van der Waals surface area contributed by atoms with Gasteiger partial charge in [-0.15, -0.1) is 0 Å². The molecule has 1 aromatic carbocycles. The third-order valence-corrected chi connectivity index (χ3v) is 5.26. The van der Waals surface area contributed by atoms with Crippen LogP contribution in [0.5, 0.6) is 0 Å². The third-order valence-electron chi connectivity index (χ3n) is 3.31. The quantitative estimate of drug-likeness (QED) is 0.897. The zero-order valence-corrected chi connectivity index (χ0v) is 13.8. The molecule has 1 saturated heterocycles. The maximum Gasteiger partial charge on any atom is 0.242 e. The summed E-state index contributed by atoms with van der Waals surface area (Å²) in [6, 6.07) is 4.98. The maximum absolute atomic E-state index is 12.3. The Kier molecular flexibility index (Phi) is 4.51. The van der Waals surface area contributed by atoms with Crippen LogP contribution in [0.4, 0.5) is 5.69 Å². The van der Waals surface area contributed by atoms with Gasteiger partial charge >= 0.3 is 0 Å². The first-order valence-corrected chi connectivity index (χ1v) is 8.97. The lowest BCUT2D eigenvalue weighted by atomic mass is 10.2. The molecule has 1 atom stereocenters. The SMILES string of the molecule is Cc1ccc(NC(=O)C2CCCN2S(C)(=O)=O)c(Br)c1. The lowest BCUT2D eigenvalue weighted by Gasteiger charge is -2.21. The topological polar surface area (TPSA) is 66.5 Å². The van der Waals surface area contributed by atoms with Crippen LogP contribution in [-0.4, -0.2) is 37.5 Å². The van der Waals surface area contributed by atoms with E-state index in [9.17, 15) is 13.2 Å². The summed E-state index contributed by atoms with van der Waals surface area (Å²) >= 11 is 3.39. The molecule has 7 heteroatoms. The first kappa shape index (κ1) is 15.5. The highest BCUT2D eigenvalue weighted by molar-refractivity contribution is 9.10. The number of sulfonamides is 1. The van der Waals surface area contributed by atoms with E-state index in [0.717, 1.165) is 16.3 Å². The van der Waals surface area contributed by atoms with E-state index in [1.165, 1.54) is 4.31 Å². The molecule has 0 saturated carbocycles. The van der Waals surface area contributed by atoms with Crippen molar-refractivity contribution in [2.24, 2.45) is 0 Å². The van der Waals surface area contributed by atoms with Gasteiger partial charge in [-0.1, -0.05) is 6.07 Å². The number of hydrogen-bond acceptors (Lipinski definition) is 3. The van der Waals surface area contributed by atoms with Crippen LogP contribution in [0.2, 0.25) is 0 Å². The molecule has 0 bridgehead atoms. The molecule has 5 nitrogen and oxygen atoms in total. The van der Waals surface area contributed by atoms with Gasteiger partial charge in [-0.05, 0) is 53.4 Å². The van der Waals surface area contributed by atoms with Gasteiger partial charge < -0.3 is 5.32 Å². The Morgan fingerprint density at radius 2 is 2.15 bits per heavy atom. The highest BCUT2D eigenvalue weighted by atomic mass is 79.9. The van der Waals surface area contributed by atoms with Crippen molar-refractivity contribution in [3.8, 4) is 0 Å². The van der Waals surface area contributed by atoms with Gasteiger partial charge in [-0.25, -0.2) is 8.42 Å².